The molecule has 94 valence electrons. The molecule has 1 heterocycles. The number of nitrogens with zero attached hydrogens (tertiary/aromatic N) is 1. The molecule has 0 spiro atoms. The molecule has 4 nitrogen and oxygen atoms in total. The highest BCUT2D eigenvalue weighted by Crippen LogP contribution is 2.30. The Hall–Kier alpha value is -1.45. The number of carbonyl (C=O) groups is 3. The number of Topliss-reactive ketones (excluding diaryl/α,β-unsaturated/α-hetero) is 1. The van der Waals surface area contributed by atoms with Crippen LogP contribution in [0.1, 0.15) is 34.0 Å². The molecule has 0 N–H and O–H groups in total. The number of amides is 2. The zero-order chi connectivity index (χ0) is 12.4. The molecular weight excluding hydrogens is 218 g/mol. The zero-order valence-corrected chi connectivity index (χ0v) is 10.0. The summed E-state index contributed by atoms with van der Waals surface area (Å²) in [5.74, 6) is 0.401. The van der Waals surface area contributed by atoms with Crippen molar-refractivity contribution in [1.82, 2.24) is 4.90 Å². The lowest BCUT2D eigenvalue weighted by atomic mass is 9.80. The van der Waals surface area contributed by atoms with Gasteiger partial charge >= 0.3 is 0 Å². The van der Waals surface area contributed by atoms with Crippen LogP contribution in [0.15, 0.2) is 12.2 Å². The molecule has 1 saturated carbocycles. The summed E-state index contributed by atoms with van der Waals surface area (Å²) in [4.78, 5) is 35.3. The van der Waals surface area contributed by atoms with Crippen molar-refractivity contribution in [2.75, 3.05) is 6.54 Å². The van der Waals surface area contributed by atoms with Crippen LogP contribution < -0.4 is 0 Å². The van der Waals surface area contributed by atoms with Crippen molar-refractivity contribution in [1.29, 1.82) is 0 Å². The molecular formula is C13H19NO3. The molecule has 4 heteroatoms. The summed E-state index contributed by atoms with van der Waals surface area (Å²) in [6.45, 7) is 2.15. The van der Waals surface area contributed by atoms with Gasteiger partial charge in [-0.15, -0.1) is 0 Å². The van der Waals surface area contributed by atoms with Gasteiger partial charge in [-0.25, -0.2) is 0 Å². The van der Waals surface area contributed by atoms with Crippen molar-refractivity contribution < 1.29 is 15.8 Å². The minimum atomic E-state index is -0.205. The van der Waals surface area contributed by atoms with Crippen LogP contribution in [-0.4, -0.2) is 29.0 Å². The fourth-order valence-electron chi connectivity index (χ4n) is 2.62. The first-order valence-electron chi connectivity index (χ1n) is 6.12. The lowest BCUT2D eigenvalue weighted by Crippen LogP contribution is -2.36. The van der Waals surface area contributed by atoms with Crippen molar-refractivity contribution in [3.8, 4) is 0 Å². The maximum atomic E-state index is 11.4. The summed E-state index contributed by atoms with van der Waals surface area (Å²) in [7, 11) is 0. The van der Waals surface area contributed by atoms with E-state index >= 15 is 0 Å². The number of hydrogen-bond donors (Lipinski definition) is 0. The lowest BCUT2D eigenvalue weighted by Gasteiger charge is -2.29. The monoisotopic (exact) mass is 237 g/mol. The molecule has 0 aromatic heterocycles. The molecule has 0 bridgehead atoms. The van der Waals surface area contributed by atoms with Gasteiger partial charge in [-0.3, -0.25) is 19.3 Å². The summed E-state index contributed by atoms with van der Waals surface area (Å²) in [6, 6.07) is 0. The van der Waals surface area contributed by atoms with Gasteiger partial charge in [0.1, 0.15) is 5.78 Å². The Morgan fingerprint density at radius 2 is 1.76 bits per heavy atom. The Kier molecular flexibility index (Phi) is 3.41. The van der Waals surface area contributed by atoms with Gasteiger partial charge in [0.2, 0.25) is 0 Å². The molecule has 1 aliphatic carbocycles. The quantitative estimate of drug-likeness (QED) is 0.700. The number of carbonyl (C=O) groups excluding carboxylic acids is 3. The molecule has 0 radical (unpaired) electrons. The van der Waals surface area contributed by atoms with Gasteiger partial charge in [0.15, 0.2) is 0 Å². The third kappa shape index (κ3) is 2.62. The highest BCUT2D eigenvalue weighted by atomic mass is 16.2. The van der Waals surface area contributed by atoms with Crippen molar-refractivity contribution in [2.24, 2.45) is 11.8 Å². The van der Waals surface area contributed by atoms with E-state index in [9.17, 15) is 14.4 Å². The topological polar surface area (TPSA) is 54.5 Å². The first-order valence-corrected chi connectivity index (χ1v) is 6.12. The third-order valence-electron chi connectivity index (χ3n) is 3.76. The Morgan fingerprint density at radius 1 is 1.24 bits per heavy atom. The number of rotatable bonds is 3. The Morgan fingerprint density at radius 3 is 2.24 bits per heavy atom. The van der Waals surface area contributed by atoms with Crippen LogP contribution in [0.3, 0.4) is 0 Å². The van der Waals surface area contributed by atoms with Crippen LogP contribution in [-0.2, 0) is 14.4 Å². The lowest BCUT2D eigenvalue weighted by molar-refractivity contribution is -0.138. The van der Waals surface area contributed by atoms with Crippen LogP contribution in [0.25, 0.3) is 0 Å². The van der Waals surface area contributed by atoms with E-state index in [0.29, 0.717) is 12.5 Å². The van der Waals surface area contributed by atoms with Crippen molar-refractivity contribution in [3.05, 3.63) is 12.2 Å². The molecule has 17 heavy (non-hydrogen) atoms. The minimum absolute atomic E-state index is 0. The largest absolute Gasteiger partial charge is 0.300 e. The number of imide groups is 1. The first-order chi connectivity index (χ1) is 8.08. The molecule has 2 aliphatic rings. The molecule has 2 amide bonds. The van der Waals surface area contributed by atoms with E-state index in [4.69, 9.17) is 0 Å². The smallest absolute Gasteiger partial charge is 0.253 e. The molecule has 0 saturated heterocycles. The first kappa shape index (κ1) is 12.0. The second-order valence-electron chi connectivity index (χ2n) is 4.95. The summed E-state index contributed by atoms with van der Waals surface area (Å²) >= 11 is 0. The van der Waals surface area contributed by atoms with Gasteiger partial charge in [-0.05, 0) is 38.5 Å². The van der Waals surface area contributed by atoms with Gasteiger partial charge in [0.25, 0.3) is 11.8 Å². The fourth-order valence-corrected chi connectivity index (χ4v) is 2.62. The molecule has 0 unspecified atom stereocenters. The van der Waals surface area contributed by atoms with E-state index in [1.165, 1.54) is 17.1 Å². The van der Waals surface area contributed by atoms with Crippen LogP contribution >= 0.6 is 0 Å². The standard InChI is InChI=1S/C13H17NO3.H2/c1-9(15)11-4-2-10(3-5-11)8-14-12(16)6-7-13(14)17;/h6-7,10-11H,2-5,8H2,1H3;1H. The van der Waals surface area contributed by atoms with E-state index < -0.39 is 0 Å². The highest BCUT2D eigenvalue weighted by molar-refractivity contribution is 6.12. The van der Waals surface area contributed by atoms with E-state index in [0.717, 1.165) is 25.7 Å². The zero-order valence-electron chi connectivity index (χ0n) is 10.0. The van der Waals surface area contributed by atoms with Gasteiger partial charge in [-0.1, -0.05) is 0 Å². The highest BCUT2D eigenvalue weighted by Gasteiger charge is 2.29. The van der Waals surface area contributed by atoms with E-state index in [1.54, 1.807) is 6.92 Å². The third-order valence-corrected chi connectivity index (χ3v) is 3.76. The second kappa shape index (κ2) is 4.82. The van der Waals surface area contributed by atoms with Crippen LogP contribution in [0.5, 0.6) is 0 Å². The Balaban J connectivity index is 0.00000162. The summed E-state index contributed by atoms with van der Waals surface area (Å²) < 4.78 is 0. The van der Waals surface area contributed by atoms with Gasteiger partial charge in [0, 0.05) is 26.0 Å². The molecule has 0 atom stereocenters. The van der Waals surface area contributed by atoms with E-state index in [-0.39, 0.29) is 24.9 Å². The molecule has 0 aromatic rings. The average Bonchev–Trinajstić information content (AvgIpc) is 2.61. The van der Waals surface area contributed by atoms with Crippen LogP contribution in [0.4, 0.5) is 0 Å². The van der Waals surface area contributed by atoms with Crippen molar-refractivity contribution in [3.63, 3.8) is 0 Å². The average molecular weight is 237 g/mol. The van der Waals surface area contributed by atoms with Gasteiger partial charge in [0.05, 0.1) is 0 Å². The Labute approximate surface area is 102 Å². The fraction of sp³-hybridized carbons (Fsp3) is 0.615. The van der Waals surface area contributed by atoms with Gasteiger partial charge in [-0.2, -0.15) is 0 Å². The van der Waals surface area contributed by atoms with Crippen molar-refractivity contribution in [2.45, 2.75) is 32.6 Å². The molecule has 1 aliphatic heterocycles. The van der Waals surface area contributed by atoms with E-state index in [2.05, 4.69) is 0 Å². The summed E-state index contributed by atoms with van der Waals surface area (Å²) in [5.41, 5.74) is 0. The minimum Gasteiger partial charge on any atom is -0.300 e. The maximum absolute atomic E-state index is 11.4. The molecule has 1 fully saturated rings. The predicted molar refractivity (Wildman–Crippen MR) is 64.1 cm³/mol. The van der Waals surface area contributed by atoms with Crippen molar-refractivity contribution >= 4 is 17.6 Å². The number of hydrogen-bond acceptors (Lipinski definition) is 3. The molecule has 2 rings (SSSR count). The predicted octanol–water partition coefficient (Wildman–Crippen LogP) is 1.55. The van der Waals surface area contributed by atoms with E-state index in [1.807, 2.05) is 0 Å². The summed E-state index contributed by atoms with van der Waals surface area (Å²) in [6.07, 6.45) is 6.29. The van der Waals surface area contributed by atoms with Gasteiger partial charge < -0.3 is 0 Å². The summed E-state index contributed by atoms with van der Waals surface area (Å²) in [5, 5.41) is 0. The van der Waals surface area contributed by atoms with Crippen LogP contribution in [0, 0.1) is 11.8 Å². The van der Waals surface area contributed by atoms with Crippen LogP contribution in [0.2, 0.25) is 0 Å². The second-order valence-corrected chi connectivity index (χ2v) is 4.95. The molecule has 0 aromatic carbocycles. The normalized spacial score (nSPS) is 28.9. The SMILES string of the molecule is CC(=O)C1CCC(CN2C(=O)C=CC2=O)CC1.[HH]. The Bertz CT molecular complexity index is 366. The maximum Gasteiger partial charge on any atom is 0.253 e. The number of ketones is 1.